The summed E-state index contributed by atoms with van der Waals surface area (Å²) in [4.78, 5) is 35.6. The van der Waals surface area contributed by atoms with Crippen molar-refractivity contribution in [3.63, 3.8) is 0 Å². The summed E-state index contributed by atoms with van der Waals surface area (Å²) < 4.78 is 0. The number of halogens is 2. The summed E-state index contributed by atoms with van der Waals surface area (Å²) in [6.07, 6.45) is 0.0244. The summed E-state index contributed by atoms with van der Waals surface area (Å²) in [5, 5.41) is 2.99. The summed E-state index contributed by atoms with van der Waals surface area (Å²) in [6.45, 7) is -0.231. The molecule has 3 amide bonds. The molecule has 0 unspecified atom stereocenters. The molecule has 0 saturated carbocycles. The van der Waals surface area contributed by atoms with E-state index in [9.17, 15) is 14.4 Å². The standard InChI is InChI=1S/C12H10Cl2N2O3/c13-8-2-1-7(9(14)4-8)3-12(19)16-5-10(17)15-11(18)6-16/h1-2,4H,3,5-6H2,(H,15,17,18). The fourth-order valence-corrected chi connectivity index (χ4v) is 2.23. The molecule has 1 aromatic carbocycles. The highest BCUT2D eigenvalue weighted by Crippen LogP contribution is 2.21. The first-order chi connectivity index (χ1) is 8.95. The van der Waals surface area contributed by atoms with Crippen LogP contribution >= 0.6 is 23.2 Å². The Balaban J connectivity index is 2.08. The second-order valence-corrected chi connectivity index (χ2v) is 4.98. The van der Waals surface area contributed by atoms with Crippen LogP contribution in [0.25, 0.3) is 0 Å². The number of amides is 3. The van der Waals surface area contributed by atoms with Gasteiger partial charge in [-0.05, 0) is 17.7 Å². The van der Waals surface area contributed by atoms with E-state index in [0.29, 0.717) is 15.6 Å². The van der Waals surface area contributed by atoms with Crippen LogP contribution in [0.5, 0.6) is 0 Å². The fourth-order valence-electron chi connectivity index (χ4n) is 1.75. The van der Waals surface area contributed by atoms with Crippen LogP contribution in [0, 0.1) is 0 Å². The number of rotatable bonds is 2. The molecule has 0 radical (unpaired) electrons. The average molecular weight is 301 g/mol. The topological polar surface area (TPSA) is 66.5 Å². The quantitative estimate of drug-likeness (QED) is 0.829. The molecule has 1 saturated heterocycles. The minimum Gasteiger partial charge on any atom is -0.324 e. The Labute approximate surface area is 119 Å². The van der Waals surface area contributed by atoms with Crippen molar-refractivity contribution in [3.05, 3.63) is 33.8 Å². The van der Waals surface area contributed by atoms with Crippen LogP contribution < -0.4 is 5.32 Å². The highest BCUT2D eigenvalue weighted by atomic mass is 35.5. The molecule has 0 aromatic heterocycles. The van der Waals surface area contributed by atoms with Crippen molar-refractivity contribution in [3.8, 4) is 0 Å². The van der Waals surface area contributed by atoms with Gasteiger partial charge in [-0.2, -0.15) is 0 Å². The van der Waals surface area contributed by atoms with Crippen LogP contribution in [0.15, 0.2) is 18.2 Å². The molecule has 1 N–H and O–H groups in total. The number of imide groups is 1. The number of nitrogens with one attached hydrogen (secondary N) is 1. The molecule has 19 heavy (non-hydrogen) atoms. The summed E-state index contributed by atoms with van der Waals surface area (Å²) in [7, 11) is 0. The van der Waals surface area contributed by atoms with E-state index in [1.54, 1.807) is 18.2 Å². The predicted molar refractivity (Wildman–Crippen MR) is 69.9 cm³/mol. The van der Waals surface area contributed by atoms with Crippen LogP contribution in [-0.4, -0.2) is 35.7 Å². The summed E-state index contributed by atoms with van der Waals surface area (Å²) in [5.74, 6) is -1.29. The van der Waals surface area contributed by atoms with Crippen LogP contribution in [0.3, 0.4) is 0 Å². The van der Waals surface area contributed by atoms with Crippen molar-refractivity contribution < 1.29 is 14.4 Å². The van der Waals surface area contributed by atoms with Gasteiger partial charge in [-0.15, -0.1) is 0 Å². The molecule has 2 rings (SSSR count). The van der Waals surface area contributed by atoms with Crippen molar-refractivity contribution in [1.82, 2.24) is 10.2 Å². The third-order valence-electron chi connectivity index (χ3n) is 2.66. The van der Waals surface area contributed by atoms with Crippen LogP contribution in [0.4, 0.5) is 0 Å². The summed E-state index contributed by atoms with van der Waals surface area (Å²) in [6, 6.07) is 4.82. The molecule has 1 fully saturated rings. The smallest absolute Gasteiger partial charge is 0.246 e. The Kier molecular flexibility index (Phi) is 4.07. The number of hydrogen-bond acceptors (Lipinski definition) is 3. The van der Waals surface area contributed by atoms with E-state index in [-0.39, 0.29) is 25.4 Å². The lowest BCUT2D eigenvalue weighted by molar-refractivity contribution is -0.145. The van der Waals surface area contributed by atoms with Gasteiger partial charge >= 0.3 is 0 Å². The third-order valence-corrected chi connectivity index (χ3v) is 3.24. The molecule has 1 aliphatic heterocycles. The molecule has 1 aromatic rings. The molecule has 1 aliphatic rings. The molecule has 0 spiro atoms. The van der Waals surface area contributed by atoms with E-state index >= 15 is 0 Å². The second-order valence-electron chi connectivity index (χ2n) is 4.13. The molecular weight excluding hydrogens is 291 g/mol. The maximum absolute atomic E-state index is 12.0. The number of benzene rings is 1. The normalized spacial score (nSPS) is 15.4. The SMILES string of the molecule is O=C1CN(C(=O)Cc2ccc(Cl)cc2Cl)CC(=O)N1. The van der Waals surface area contributed by atoms with Crippen LogP contribution in [0.1, 0.15) is 5.56 Å². The maximum Gasteiger partial charge on any atom is 0.246 e. The summed E-state index contributed by atoms with van der Waals surface area (Å²) >= 11 is 11.7. The monoisotopic (exact) mass is 300 g/mol. The Morgan fingerprint density at radius 3 is 2.42 bits per heavy atom. The van der Waals surface area contributed by atoms with E-state index in [2.05, 4.69) is 5.32 Å². The molecule has 0 bridgehead atoms. The Morgan fingerprint density at radius 1 is 1.21 bits per heavy atom. The van der Waals surface area contributed by atoms with Gasteiger partial charge < -0.3 is 4.90 Å². The fraction of sp³-hybridized carbons (Fsp3) is 0.250. The molecule has 1 heterocycles. The average Bonchev–Trinajstić information content (AvgIpc) is 2.31. The van der Waals surface area contributed by atoms with E-state index in [4.69, 9.17) is 23.2 Å². The Bertz CT molecular complexity index is 544. The van der Waals surface area contributed by atoms with E-state index in [1.165, 1.54) is 4.90 Å². The highest BCUT2D eigenvalue weighted by molar-refractivity contribution is 6.35. The zero-order chi connectivity index (χ0) is 14.0. The lowest BCUT2D eigenvalue weighted by Gasteiger charge is -2.25. The lowest BCUT2D eigenvalue weighted by atomic mass is 10.1. The first kappa shape index (κ1) is 13.8. The highest BCUT2D eigenvalue weighted by Gasteiger charge is 2.26. The van der Waals surface area contributed by atoms with Crippen molar-refractivity contribution in [1.29, 1.82) is 0 Å². The summed E-state index contributed by atoms with van der Waals surface area (Å²) in [5.41, 5.74) is 0.606. The van der Waals surface area contributed by atoms with Gasteiger partial charge in [0.05, 0.1) is 6.42 Å². The number of nitrogens with zero attached hydrogens (tertiary/aromatic N) is 1. The molecule has 7 heteroatoms. The maximum atomic E-state index is 12.0. The predicted octanol–water partition coefficient (Wildman–Crippen LogP) is 1.02. The molecular formula is C12H10Cl2N2O3. The number of carbonyl (C=O) groups excluding carboxylic acids is 3. The van der Waals surface area contributed by atoms with Gasteiger partial charge in [-0.1, -0.05) is 29.3 Å². The first-order valence-electron chi connectivity index (χ1n) is 5.50. The zero-order valence-electron chi connectivity index (χ0n) is 9.78. The van der Waals surface area contributed by atoms with Crippen molar-refractivity contribution >= 4 is 40.9 Å². The lowest BCUT2D eigenvalue weighted by Crippen LogP contribution is -2.53. The molecule has 0 aliphatic carbocycles. The van der Waals surface area contributed by atoms with Crippen LogP contribution in [-0.2, 0) is 20.8 Å². The minimum absolute atomic E-state index is 0.0244. The Hall–Kier alpha value is -1.59. The van der Waals surface area contributed by atoms with Gasteiger partial charge in [0.2, 0.25) is 17.7 Å². The minimum atomic E-state index is -0.480. The van der Waals surface area contributed by atoms with Crippen molar-refractivity contribution in [2.24, 2.45) is 0 Å². The zero-order valence-corrected chi connectivity index (χ0v) is 11.3. The van der Waals surface area contributed by atoms with Gasteiger partial charge in [-0.25, -0.2) is 0 Å². The van der Waals surface area contributed by atoms with Crippen molar-refractivity contribution in [2.75, 3.05) is 13.1 Å². The van der Waals surface area contributed by atoms with Gasteiger partial charge in [0.25, 0.3) is 0 Å². The Morgan fingerprint density at radius 2 is 1.84 bits per heavy atom. The van der Waals surface area contributed by atoms with Gasteiger partial charge in [0, 0.05) is 10.0 Å². The number of hydrogen-bond donors (Lipinski definition) is 1. The largest absolute Gasteiger partial charge is 0.324 e. The number of piperazine rings is 1. The van der Waals surface area contributed by atoms with E-state index in [0.717, 1.165) is 0 Å². The van der Waals surface area contributed by atoms with Gasteiger partial charge in [-0.3, -0.25) is 19.7 Å². The molecule has 0 atom stereocenters. The third kappa shape index (κ3) is 3.45. The second kappa shape index (κ2) is 5.59. The van der Waals surface area contributed by atoms with Crippen molar-refractivity contribution in [2.45, 2.75) is 6.42 Å². The first-order valence-corrected chi connectivity index (χ1v) is 6.25. The van der Waals surface area contributed by atoms with Crippen LogP contribution in [0.2, 0.25) is 10.0 Å². The molecule has 100 valence electrons. The van der Waals surface area contributed by atoms with E-state index in [1.807, 2.05) is 0 Å². The molecule has 5 nitrogen and oxygen atoms in total. The van der Waals surface area contributed by atoms with Gasteiger partial charge in [0.1, 0.15) is 13.1 Å². The van der Waals surface area contributed by atoms with E-state index < -0.39 is 11.8 Å². The van der Waals surface area contributed by atoms with Gasteiger partial charge in [0.15, 0.2) is 0 Å². The number of carbonyl (C=O) groups is 3.